The van der Waals surface area contributed by atoms with Gasteiger partial charge in [-0.25, -0.2) is 0 Å². The lowest BCUT2D eigenvalue weighted by Gasteiger charge is -2.28. The van der Waals surface area contributed by atoms with Crippen LogP contribution >= 0.6 is 0 Å². The van der Waals surface area contributed by atoms with Gasteiger partial charge in [-0.05, 0) is 30.3 Å². The Hall–Kier alpha value is -3.58. The van der Waals surface area contributed by atoms with E-state index in [-0.39, 0.29) is 23.4 Å². The zero-order valence-corrected chi connectivity index (χ0v) is 16.2. The van der Waals surface area contributed by atoms with Crippen molar-refractivity contribution in [3.8, 4) is 11.8 Å². The standard InChI is InChI=1S/C21H18F3N3O4/c22-21(23,24)17-5-1-3-15(13-17)4-2-8-25-20(28)16-6-7-18(19(14-16)27(29)30)26-9-11-31-12-10-26/h1,3,5-7,13-14H,8-12H2,(H,25,28). The lowest BCUT2D eigenvalue weighted by atomic mass is 10.1. The van der Waals surface area contributed by atoms with Crippen LogP contribution in [0.2, 0.25) is 0 Å². The summed E-state index contributed by atoms with van der Waals surface area (Å²) in [5, 5.41) is 14.0. The number of nitro benzene ring substituents is 1. The van der Waals surface area contributed by atoms with E-state index in [1.165, 1.54) is 30.3 Å². The van der Waals surface area contributed by atoms with E-state index in [1.54, 1.807) is 0 Å². The molecular formula is C21H18F3N3O4. The van der Waals surface area contributed by atoms with Crippen molar-refractivity contribution in [2.24, 2.45) is 0 Å². The second-order valence-corrected chi connectivity index (χ2v) is 6.62. The number of amides is 1. The van der Waals surface area contributed by atoms with E-state index in [2.05, 4.69) is 17.2 Å². The molecule has 31 heavy (non-hydrogen) atoms. The SMILES string of the molecule is O=C(NCC#Cc1cccc(C(F)(F)F)c1)c1ccc(N2CCOCC2)c([N+](=O)[O-])c1. The van der Waals surface area contributed by atoms with Crippen molar-refractivity contribution in [3.05, 3.63) is 69.3 Å². The Morgan fingerprint density at radius 2 is 1.94 bits per heavy atom. The number of nitrogens with zero attached hydrogens (tertiary/aromatic N) is 2. The molecule has 0 spiro atoms. The van der Waals surface area contributed by atoms with E-state index in [1.807, 2.05) is 4.90 Å². The van der Waals surface area contributed by atoms with Gasteiger partial charge in [0.05, 0.1) is 30.2 Å². The molecule has 0 aromatic heterocycles. The molecule has 0 unspecified atom stereocenters. The smallest absolute Gasteiger partial charge is 0.378 e. The predicted molar refractivity (Wildman–Crippen MR) is 107 cm³/mol. The molecule has 0 bridgehead atoms. The quantitative estimate of drug-likeness (QED) is 0.455. The highest BCUT2D eigenvalue weighted by Gasteiger charge is 2.30. The topological polar surface area (TPSA) is 84.7 Å². The molecule has 1 saturated heterocycles. The molecule has 0 saturated carbocycles. The zero-order valence-electron chi connectivity index (χ0n) is 16.2. The minimum absolute atomic E-state index is 0.0876. The van der Waals surface area contributed by atoms with E-state index in [0.717, 1.165) is 12.1 Å². The van der Waals surface area contributed by atoms with Crippen LogP contribution in [0.4, 0.5) is 24.5 Å². The van der Waals surface area contributed by atoms with E-state index >= 15 is 0 Å². The summed E-state index contributed by atoms with van der Waals surface area (Å²) in [4.78, 5) is 25.1. The fourth-order valence-electron chi connectivity index (χ4n) is 3.03. The lowest BCUT2D eigenvalue weighted by molar-refractivity contribution is -0.384. The maximum Gasteiger partial charge on any atom is 0.416 e. The van der Waals surface area contributed by atoms with Crippen LogP contribution in [0, 0.1) is 22.0 Å². The molecule has 7 nitrogen and oxygen atoms in total. The Kier molecular flexibility index (Phi) is 6.77. The van der Waals surface area contributed by atoms with Crippen molar-refractivity contribution in [2.45, 2.75) is 6.18 Å². The highest BCUT2D eigenvalue weighted by Crippen LogP contribution is 2.30. The summed E-state index contributed by atoms with van der Waals surface area (Å²) in [7, 11) is 0. The molecule has 0 radical (unpaired) electrons. The number of carbonyl (C=O) groups excluding carboxylic acids is 1. The number of ether oxygens (including phenoxy) is 1. The van der Waals surface area contributed by atoms with Gasteiger partial charge in [0.15, 0.2) is 0 Å². The molecule has 3 rings (SSSR count). The Labute approximate surface area is 176 Å². The van der Waals surface area contributed by atoms with Crippen LogP contribution in [0.25, 0.3) is 0 Å². The largest absolute Gasteiger partial charge is 0.416 e. The number of rotatable bonds is 4. The molecule has 1 amide bonds. The van der Waals surface area contributed by atoms with Gasteiger partial charge in [-0.15, -0.1) is 0 Å². The van der Waals surface area contributed by atoms with Crippen LogP contribution in [0.15, 0.2) is 42.5 Å². The van der Waals surface area contributed by atoms with Crippen LogP contribution in [-0.2, 0) is 10.9 Å². The number of nitro groups is 1. The number of hydrogen-bond donors (Lipinski definition) is 1. The maximum atomic E-state index is 12.7. The van der Waals surface area contributed by atoms with E-state index in [9.17, 15) is 28.1 Å². The van der Waals surface area contributed by atoms with Crippen molar-refractivity contribution >= 4 is 17.3 Å². The summed E-state index contributed by atoms with van der Waals surface area (Å²) in [6, 6.07) is 8.74. The minimum Gasteiger partial charge on any atom is -0.378 e. The third-order valence-electron chi connectivity index (χ3n) is 4.55. The maximum absolute atomic E-state index is 12.7. The average Bonchev–Trinajstić information content (AvgIpc) is 2.76. The zero-order chi connectivity index (χ0) is 22.4. The van der Waals surface area contributed by atoms with Crippen LogP contribution in [0.3, 0.4) is 0 Å². The van der Waals surface area contributed by atoms with E-state index < -0.39 is 22.6 Å². The number of alkyl halides is 3. The molecule has 10 heteroatoms. The summed E-state index contributed by atoms with van der Waals surface area (Å²) >= 11 is 0. The lowest BCUT2D eigenvalue weighted by Crippen LogP contribution is -2.36. The van der Waals surface area contributed by atoms with Gasteiger partial charge >= 0.3 is 6.18 Å². The summed E-state index contributed by atoms with van der Waals surface area (Å²) < 4.78 is 43.4. The van der Waals surface area contributed by atoms with Gasteiger partial charge in [0, 0.05) is 30.3 Å². The first-order valence-electron chi connectivity index (χ1n) is 9.31. The molecule has 1 aliphatic heterocycles. The van der Waals surface area contributed by atoms with Crippen LogP contribution < -0.4 is 10.2 Å². The number of halogens is 3. The van der Waals surface area contributed by atoms with Crippen molar-refractivity contribution in [3.63, 3.8) is 0 Å². The second kappa shape index (κ2) is 9.49. The van der Waals surface area contributed by atoms with E-state index in [4.69, 9.17) is 4.74 Å². The van der Waals surface area contributed by atoms with Gasteiger partial charge in [0.1, 0.15) is 5.69 Å². The molecule has 1 heterocycles. The molecule has 2 aromatic rings. The highest BCUT2D eigenvalue weighted by atomic mass is 19.4. The van der Waals surface area contributed by atoms with Crippen LogP contribution in [0.5, 0.6) is 0 Å². The van der Waals surface area contributed by atoms with Crippen molar-refractivity contribution < 1.29 is 27.6 Å². The molecule has 1 fully saturated rings. The number of benzene rings is 2. The fraction of sp³-hybridized carbons (Fsp3) is 0.286. The second-order valence-electron chi connectivity index (χ2n) is 6.62. The summed E-state index contributed by atoms with van der Waals surface area (Å²) in [6.45, 7) is 1.82. The first-order chi connectivity index (χ1) is 14.8. The predicted octanol–water partition coefficient (Wildman–Crippen LogP) is 3.23. The fourth-order valence-corrected chi connectivity index (χ4v) is 3.03. The molecule has 2 aromatic carbocycles. The first-order valence-corrected chi connectivity index (χ1v) is 9.31. The third kappa shape index (κ3) is 5.73. The number of anilines is 1. The van der Waals surface area contributed by atoms with Gasteiger partial charge in [-0.1, -0.05) is 17.9 Å². The Bertz CT molecular complexity index is 1040. The van der Waals surface area contributed by atoms with Gasteiger partial charge in [-0.3, -0.25) is 14.9 Å². The Balaban J connectivity index is 1.67. The van der Waals surface area contributed by atoms with Gasteiger partial charge in [0.25, 0.3) is 11.6 Å². The normalized spacial score (nSPS) is 13.8. The van der Waals surface area contributed by atoms with Crippen LogP contribution in [-0.4, -0.2) is 43.7 Å². The first kappa shape index (κ1) is 22.1. The van der Waals surface area contributed by atoms with Crippen molar-refractivity contribution in [2.75, 3.05) is 37.7 Å². The Morgan fingerprint density at radius 3 is 2.61 bits per heavy atom. The van der Waals surface area contributed by atoms with Crippen LogP contribution in [0.1, 0.15) is 21.5 Å². The molecule has 1 N–H and O–H groups in total. The number of carbonyl (C=O) groups is 1. The molecular weight excluding hydrogens is 415 g/mol. The van der Waals surface area contributed by atoms with Crippen molar-refractivity contribution in [1.82, 2.24) is 5.32 Å². The summed E-state index contributed by atoms with van der Waals surface area (Å²) in [5.74, 6) is 4.56. The average molecular weight is 433 g/mol. The molecule has 1 aliphatic rings. The number of nitrogens with one attached hydrogen (secondary N) is 1. The minimum atomic E-state index is -4.46. The van der Waals surface area contributed by atoms with Gasteiger partial charge in [-0.2, -0.15) is 13.2 Å². The summed E-state index contributed by atoms with van der Waals surface area (Å²) in [5.41, 5.74) is -0.339. The van der Waals surface area contributed by atoms with Gasteiger partial charge < -0.3 is 15.0 Å². The number of morpholine rings is 1. The third-order valence-corrected chi connectivity index (χ3v) is 4.55. The molecule has 0 aliphatic carbocycles. The number of hydrogen-bond acceptors (Lipinski definition) is 5. The Morgan fingerprint density at radius 1 is 1.19 bits per heavy atom. The van der Waals surface area contributed by atoms with E-state index in [0.29, 0.717) is 32.0 Å². The van der Waals surface area contributed by atoms with Gasteiger partial charge in [0.2, 0.25) is 0 Å². The molecule has 0 atom stereocenters. The molecule has 162 valence electrons. The van der Waals surface area contributed by atoms with Crippen molar-refractivity contribution in [1.29, 1.82) is 0 Å². The summed E-state index contributed by atoms with van der Waals surface area (Å²) in [6.07, 6.45) is -4.46. The highest BCUT2D eigenvalue weighted by molar-refractivity contribution is 5.96. The monoisotopic (exact) mass is 433 g/mol.